The van der Waals surface area contributed by atoms with Gasteiger partial charge < -0.3 is 25.3 Å². The molecule has 3 aromatic rings. The zero-order chi connectivity index (χ0) is 27.1. The number of pyridine rings is 1. The van der Waals surface area contributed by atoms with Gasteiger partial charge in [0.25, 0.3) is 5.91 Å². The van der Waals surface area contributed by atoms with Crippen LogP contribution in [0.3, 0.4) is 0 Å². The quantitative estimate of drug-likeness (QED) is 0.236. The smallest absolute Gasteiger partial charge is 0.324 e. The summed E-state index contributed by atoms with van der Waals surface area (Å²) in [5.74, 6) is -0.202. The van der Waals surface area contributed by atoms with Crippen LogP contribution in [0.5, 0.6) is 11.5 Å². The van der Waals surface area contributed by atoms with E-state index < -0.39 is 17.8 Å². The second-order valence-corrected chi connectivity index (χ2v) is 9.39. The van der Waals surface area contributed by atoms with Gasteiger partial charge in [0.1, 0.15) is 18.4 Å². The molecule has 0 radical (unpaired) electrons. The van der Waals surface area contributed by atoms with Gasteiger partial charge in [-0.3, -0.25) is 14.6 Å². The molecule has 1 aliphatic carbocycles. The molecule has 0 spiro atoms. The average Bonchev–Trinajstić information content (AvgIpc) is 3.78. The third-order valence-electron chi connectivity index (χ3n) is 6.10. The molecular weight excluding hydrogens is 509 g/mol. The Hall–Kier alpha value is -3.63. The lowest BCUT2D eigenvalue weighted by Gasteiger charge is -2.15. The molecule has 38 heavy (non-hydrogen) atoms. The highest BCUT2D eigenvalue weighted by atomic mass is 32.1. The van der Waals surface area contributed by atoms with Gasteiger partial charge in [-0.1, -0.05) is 12.1 Å². The SMILES string of the molecule is COc1ccc(CNC(=O)c2cc(-c3ncccc3COC(=O)[C@@H](N)CS)ccc2OCC2CC2)cc1F. The fourth-order valence-electron chi connectivity index (χ4n) is 3.72. The Balaban J connectivity index is 1.56. The minimum atomic E-state index is -0.823. The van der Waals surface area contributed by atoms with E-state index in [2.05, 4.69) is 22.9 Å². The first-order valence-electron chi connectivity index (χ1n) is 12.2. The minimum absolute atomic E-state index is 0.0338. The second-order valence-electron chi connectivity index (χ2n) is 9.02. The van der Waals surface area contributed by atoms with Gasteiger partial charge in [-0.05, 0) is 60.7 Å². The van der Waals surface area contributed by atoms with Gasteiger partial charge in [0.2, 0.25) is 0 Å². The maximum atomic E-state index is 14.1. The molecule has 8 nitrogen and oxygen atoms in total. The third kappa shape index (κ3) is 7.02. The molecule has 0 bridgehead atoms. The zero-order valence-corrected chi connectivity index (χ0v) is 21.9. The first kappa shape index (κ1) is 27.4. The molecule has 3 N–H and O–H groups in total. The van der Waals surface area contributed by atoms with E-state index in [4.69, 9.17) is 19.9 Å². The molecule has 1 aromatic heterocycles. The van der Waals surface area contributed by atoms with E-state index in [1.807, 2.05) is 6.07 Å². The number of benzene rings is 2. The summed E-state index contributed by atoms with van der Waals surface area (Å²) in [5, 5.41) is 2.84. The first-order valence-corrected chi connectivity index (χ1v) is 12.9. The lowest BCUT2D eigenvalue weighted by atomic mass is 10.0. The number of halogens is 1. The van der Waals surface area contributed by atoms with Crippen LogP contribution in [0.1, 0.15) is 34.3 Å². The number of methoxy groups -OCH3 is 1. The fourth-order valence-corrected chi connectivity index (χ4v) is 3.86. The van der Waals surface area contributed by atoms with Crippen molar-refractivity contribution < 1.29 is 28.2 Å². The Labute approximate surface area is 226 Å². The lowest BCUT2D eigenvalue weighted by Crippen LogP contribution is -2.33. The number of carbonyl (C=O) groups is 2. The Morgan fingerprint density at radius 2 is 1.97 bits per heavy atom. The summed E-state index contributed by atoms with van der Waals surface area (Å²) in [6, 6.07) is 12.5. The van der Waals surface area contributed by atoms with Crippen LogP contribution in [-0.2, 0) is 22.7 Å². The zero-order valence-electron chi connectivity index (χ0n) is 21.0. The minimum Gasteiger partial charge on any atom is -0.494 e. The highest BCUT2D eigenvalue weighted by molar-refractivity contribution is 7.80. The molecule has 2 aromatic carbocycles. The first-order chi connectivity index (χ1) is 18.4. The van der Waals surface area contributed by atoms with Crippen LogP contribution >= 0.6 is 12.6 Å². The summed E-state index contributed by atoms with van der Waals surface area (Å²) in [5.41, 5.74) is 8.46. The van der Waals surface area contributed by atoms with E-state index >= 15 is 0 Å². The number of hydrogen-bond acceptors (Lipinski definition) is 8. The van der Waals surface area contributed by atoms with Crippen LogP contribution < -0.4 is 20.5 Å². The molecule has 1 fully saturated rings. The summed E-state index contributed by atoms with van der Waals surface area (Å²) in [6.07, 6.45) is 3.83. The molecule has 0 unspecified atom stereocenters. The van der Waals surface area contributed by atoms with E-state index in [-0.39, 0.29) is 30.6 Å². The summed E-state index contributed by atoms with van der Waals surface area (Å²) in [7, 11) is 1.39. The highest BCUT2D eigenvalue weighted by Gasteiger charge is 2.24. The van der Waals surface area contributed by atoms with Crippen molar-refractivity contribution in [1.82, 2.24) is 10.3 Å². The van der Waals surface area contributed by atoms with Crippen molar-refractivity contribution in [3.8, 4) is 22.8 Å². The Morgan fingerprint density at radius 3 is 2.68 bits per heavy atom. The molecule has 0 aliphatic heterocycles. The summed E-state index contributed by atoms with van der Waals surface area (Å²) >= 11 is 4.03. The van der Waals surface area contributed by atoms with Gasteiger partial charge in [-0.15, -0.1) is 0 Å². The number of hydrogen-bond donors (Lipinski definition) is 3. The molecule has 200 valence electrons. The second kappa shape index (κ2) is 12.7. The van der Waals surface area contributed by atoms with E-state index in [1.54, 1.807) is 36.5 Å². The lowest BCUT2D eigenvalue weighted by molar-refractivity contribution is -0.145. The van der Waals surface area contributed by atoms with Crippen molar-refractivity contribution >= 4 is 24.5 Å². The molecule has 1 saturated carbocycles. The maximum absolute atomic E-state index is 14.1. The van der Waals surface area contributed by atoms with E-state index in [0.29, 0.717) is 46.2 Å². The predicted octanol–water partition coefficient (Wildman–Crippen LogP) is 3.92. The number of aromatic nitrogens is 1. The van der Waals surface area contributed by atoms with Gasteiger partial charge in [-0.2, -0.15) is 12.6 Å². The largest absolute Gasteiger partial charge is 0.494 e. The Morgan fingerprint density at radius 1 is 1.18 bits per heavy atom. The fraction of sp³-hybridized carbons (Fsp3) is 0.321. The molecule has 0 saturated heterocycles. The summed E-state index contributed by atoms with van der Waals surface area (Å²) < 4.78 is 30.4. The van der Waals surface area contributed by atoms with Crippen LogP contribution in [-0.4, -0.2) is 42.4 Å². The van der Waals surface area contributed by atoms with Crippen molar-refractivity contribution in [2.75, 3.05) is 19.5 Å². The summed E-state index contributed by atoms with van der Waals surface area (Å²) in [6.45, 7) is 0.607. The number of amides is 1. The van der Waals surface area contributed by atoms with E-state index in [1.165, 1.54) is 19.2 Å². The molecule has 4 rings (SSSR count). The van der Waals surface area contributed by atoms with Crippen LogP contribution in [0.15, 0.2) is 54.7 Å². The van der Waals surface area contributed by atoms with Crippen molar-refractivity contribution in [2.24, 2.45) is 11.7 Å². The van der Waals surface area contributed by atoms with Crippen LogP contribution in [0, 0.1) is 11.7 Å². The van der Waals surface area contributed by atoms with E-state index in [0.717, 1.165) is 12.8 Å². The molecular formula is C28H30FN3O5S. The normalized spacial score (nSPS) is 13.5. The number of ether oxygens (including phenoxy) is 3. The van der Waals surface area contributed by atoms with Gasteiger partial charge >= 0.3 is 5.97 Å². The third-order valence-corrected chi connectivity index (χ3v) is 6.49. The number of nitrogens with one attached hydrogen (secondary N) is 1. The van der Waals surface area contributed by atoms with Crippen LogP contribution in [0.25, 0.3) is 11.3 Å². The van der Waals surface area contributed by atoms with Gasteiger partial charge in [0.15, 0.2) is 11.6 Å². The number of esters is 1. The molecule has 10 heteroatoms. The van der Waals surface area contributed by atoms with Crippen molar-refractivity contribution in [3.05, 3.63) is 77.2 Å². The summed E-state index contributed by atoms with van der Waals surface area (Å²) in [4.78, 5) is 29.8. The predicted molar refractivity (Wildman–Crippen MR) is 144 cm³/mol. The molecule has 1 amide bonds. The monoisotopic (exact) mass is 539 g/mol. The van der Waals surface area contributed by atoms with Crippen molar-refractivity contribution in [2.45, 2.75) is 32.0 Å². The Bertz CT molecular complexity index is 1300. The molecule has 1 atom stereocenters. The topological polar surface area (TPSA) is 113 Å². The van der Waals surface area contributed by atoms with Crippen LogP contribution in [0.2, 0.25) is 0 Å². The Kier molecular flexibility index (Phi) is 9.19. The highest BCUT2D eigenvalue weighted by Crippen LogP contribution is 2.32. The number of thiol groups is 1. The van der Waals surface area contributed by atoms with Crippen molar-refractivity contribution in [1.29, 1.82) is 0 Å². The maximum Gasteiger partial charge on any atom is 0.324 e. The van der Waals surface area contributed by atoms with Gasteiger partial charge in [0, 0.05) is 29.6 Å². The number of nitrogens with two attached hydrogens (primary N) is 1. The van der Waals surface area contributed by atoms with Crippen molar-refractivity contribution in [3.63, 3.8) is 0 Å². The van der Waals surface area contributed by atoms with Gasteiger partial charge in [0.05, 0.1) is 25.0 Å². The number of rotatable bonds is 12. The number of carbonyl (C=O) groups excluding carboxylic acids is 2. The van der Waals surface area contributed by atoms with E-state index in [9.17, 15) is 14.0 Å². The molecule has 1 heterocycles. The number of nitrogens with zero attached hydrogens (tertiary/aromatic N) is 1. The van der Waals surface area contributed by atoms with Gasteiger partial charge in [-0.25, -0.2) is 4.39 Å². The average molecular weight is 540 g/mol. The molecule has 1 aliphatic rings. The van der Waals surface area contributed by atoms with Crippen LogP contribution in [0.4, 0.5) is 4.39 Å². The standard InChI is InChI=1S/C28H30FN3O5S/c1-35-25-8-6-18(11-22(25)29)13-32-27(33)21-12-19(7-9-24(21)36-14-17-4-5-17)26-20(3-2-10-31-26)15-37-28(34)23(30)16-38/h2-3,6-12,17,23,38H,4-5,13-16,30H2,1H3,(H,32,33)/t23-/m0/s1.